The molecule has 2 heterocycles. The summed E-state index contributed by atoms with van der Waals surface area (Å²) in [6.45, 7) is 2.15. The molecule has 4 rings (SSSR count). The van der Waals surface area contributed by atoms with Crippen LogP contribution in [0, 0.1) is 6.92 Å². The van der Waals surface area contributed by atoms with Crippen molar-refractivity contribution in [3.8, 4) is 10.6 Å². The number of hydrogen-bond donors (Lipinski definition) is 0. The van der Waals surface area contributed by atoms with E-state index in [1.807, 2.05) is 60.8 Å². The number of aryl methyl sites for hydroxylation is 1. The maximum atomic E-state index is 12.7. The monoisotopic (exact) mass is 438 g/mol. The van der Waals surface area contributed by atoms with Crippen LogP contribution in [-0.2, 0) is 17.1 Å². The second-order valence-corrected chi connectivity index (χ2v) is 9.17. The smallest absolute Gasteiger partial charge is 0.339 e. The first kappa shape index (κ1) is 19.8. The quantitative estimate of drug-likeness (QED) is 0.253. The summed E-state index contributed by atoms with van der Waals surface area (Å²) >= 11 is 4.78. The third-order valence-electron chi connectivity index (χ3n) is 4.07. The number of rotatable bonds is 7. The lowest BCUT2D eigenvalue weighted by atomic mass is 10.2. The highest BCUT2D eigenvalue weighted by Crippen LogP contribution is 2.28. The Bertz CT molecular complexity index is 1110. The molecule has 0 bridgehead atoms. The first-order valence-corrected chi connectivity index (χ1v) is 11.7. The molecule has 0 atom stereocenters. The number of carbonyl (C=O) groups excluding carboxylic acids is 1. The van der Waals surface area contributed by atoms with Gasteiger partial charge in [-0.2, -0.15) is 0 Å². The van der Waals surface area contributed by atoms with Crippen LogP contribution in [0.2, 0.25) is 0 Å². The number of benzene rings is 2. The van der Waals surface area contributed by atoms with E-state index in [1.165, 1.54) is 0 Å². The average Bonchev–Trinajstić information content (AvgIpc) is 3.40. The zero-order chi connectivity index (χ0) is 20.1. The molecule has 0 spiro atoms. The van der Waals surface area contributed by atoms with Gasteiger partial charge >= 0.3 is 5.97 Å². The topological polar surface area (TPSA) is 52.1 Å². The molecule has 29 heavy (non-hydrogen) atoms. The van der Waals surface area contributed by atoms with Crippen molar-refractivity contribution in [2.45, 2.75) is 24.2 Å². The minimum Gasteiger partial charge on any atom is -0.456 e. The Balaban J connectivity index is 1.39. The van der Waals surface area contributed by atoms with Crippen LogP contribution in [0.3, 0.4) is 0 Å². The fourth-order valence-electron chi connectivity index (χ4n) is 2.69. The summed E-state index contributed by atoms with van der Waals surface area (Å²) in [4.78, 5) is 22.6. The highest BCUT2D eigenvalue weighted by atomic mass is 32.2. The van der Waals surface area contributed by atoms with Crippen molar-refractivity contribution in [1.82, 2.24) is 9.97 Å². The number of thiazole rings is 2. The Labute approximate surface area is 181 Å². The van der Waals surface area contributed by atoms with E-state index >= 15 is 0 Å². The molecule has 0 saturated heterocycles. The van der Waals surface area contributed by atoms with Crippen molar-refractivity contribution < 1.29 is 9.53 Å². The summed E-state index contributed by atoms with van der Waals surface area (Å²) < 4.78 is 5.54. The predicted molar refractivity (Wildman–Crippen MR) is 120 cm³/mol. The number of esters is 1. The fourth-order valence-corrected chi connectivity index (χ4v) is 5.15. The lowest BCUT2D eigenvalue weighted by Gasteiger charge is -2.08. The highest BCUT2D eigenvalue weighted by molar-refractivity contribution is 7.98. The number of thioether (sulfide) groups is 1. The van der Waals surface area contributed by atoms with Crippen molar-refractivity contribution in [3.05, 3.63) is 87.3 Å². The maximum absolute atomic E-state index is 12.7. The van der Waals surface area contributed by atoms with Gasteiger partial charge in [-0.25, -0.2) is 14.8 Å². The minimum absolute atomic E-state index is 0.159. The van der Waals surface area contributed by atoms with E-state index in [0.29, 0.717) is 5.56 Å². The Morgan fingerprint density at radius 3 is 2.52 bits per heavy atom. The van der Waals surface area contributed by atoms with E-state index in [4.69, 9.17) is 4.74 Å². The molecule has 2 aromatic carbocycles. The van der Waals surface area contributed by atoms with E-state index in [0.717, 1.165) is 37.6 Å². The van der Waals surface area contributed by atoms with Crippen LogP contribution >= 0.6 is 34.4 Å². The van der Waals surface area contributed by atoms with Crippen LogP contribution in [0.1, 0.15) is 26.8 Å². The van der Waals surface area contributed by atoms with Crippen LogP contribution in [0.15, 0.2) is 70.3 Å². The van der Waals surface area contributed by atoms with Gasteiger partial charge in [0.05, 0.1) is 22.0 Å². The normalized spacial score (nSPS) is 10.8. The zero-order valence-electron chi connectivity index (χ0n) is 15.7. The Morgan fingerprint density at radius 2 is 1.72 bits per heavy atom. The number of hydrogen-bond acceptors (Lipinski definition) is 7. The molecule has 0 N–H and O–H groups in total. The number of aromatic nitrogens is 2. The molecule has 146 valence electrons. The van der Waals surface area contributed by atoms with Crippen LogP contribution in [0.5, 0.6) is 0 Å². The standard InChI is InChI=1S/C22H18N2O2S3/c1-15-23-18(13-27-15)14-28-20-10-6-5-9-19(20)22(25)26-11-17-12-29-21(24-17)16-7-3-2-4-8-16/h2-10,12-13H,11,14H2,1H3. The highest BCUT2D eigenvalue weighted by Gasteiger charge is 2.14. The second kappa shape index (κ2) is 9.35. The molecule has 0 aliphatic rings. The summed E-state index contributed by atoms with van der Waals surface area (Å²) in [6.07, 6.45) is 0. The summed E-state index contributed by atoms with van der Waals surface area (Å²) in [6, 6.07) is 17.5. The lowest BCUT2D eigenvalue weighted by molar-refractivity contribution is 0.0464. The van der Waals surface area contributed by atoms with Crippen LogP contribution in [0.25, 0.3) is 10.6 Å². The molecular formula is C22H18N2O2S3. The Hall–Kier alpha value is -2.48. The summed E-state index contributed by atoms with van der Waals surface area (Å²) in [5, 5.41) is 5.95. The molecule has 4 nitrogen and oxygen atoms in total. The van der Waals surface area contributed by atoms with E-state index < -0.39 is 0 Å². The predicted octanol–water partition coefficient (Wildman–Crippen LogP) is 6.22. The van der Waals surface area contributed by atoms with Crippen LogP contribution in [-0.4, -0.2) is 15.9 Å². The fraction of sp³-hybridized carbons (Fsp3) is 0.136. The van der Waals surface area contributed by atoms with Gasteiger partial charge in [-0.15, -0.1) is 34.4 Å². The Morgan fingerprint density at radius 1 is 0.966 bits per heavy atom. The molecule has 0 unspecified atom stereocenters. The van der Waals surface area contributed by atoms with Gasteiger partial charge in [-0.1, -0.05) is 42.5 Å². The van der Waals surface area contributed by atoms with Gasteiger partial charge in [-0.3, -0.25) is 0 Å². The number of ether oxygens (including phenoxy) is 1. The molecule has 0 aliphatic carbocycles. The number of carbonyl (C=O) groups is 1. The van der Waals surface area contributed by atoms with E-state index in [1.54, 1.807) is 40.5 Å². The largest absolute Gasteiger partial charge is 0.456 e. The molecule has 0 amide bonds. The van der Waals surface area contributed by atoms with Gasteiger partial charge < -0.3 is 4.74 Å². The van der Waals surface area contributed by atoms with Gasteiger partial charge in [0, 0.05) is 27.0 Å². The molecule has 0 saturated carbocycles. The molecule has 0 fully saturated rings. The third-order valence-corrected chi connectivity index (χ3v) is 6.94. The first-order chi connectivity index (χ1) is 14.2. The number of nitrogens with zero attached hydrogens (tertiary/aromatic N) is 2. The summed E-state index contributed by atoms with van der Waals surface area (Å²) in [5.41, 5.74) is 3.42. The second-order valence-electron chi connectivity index (χ2n) is 6.23. The minimum atomic E-state index is -0.336. The summed E-state index contributed by atoms with van der Waals surface area (Å²) in [5.74, 6) is 0.387. The molecule has 7 heteroatoms. The van der Waals surface area contributed by atoms with Crippen molar-refractivity contribution in [2.75, 3.05) is 0 Å². The SMILES string of the molecule is Cc1nc(CSc2ccccc2C(=O)OCc2csc(-c3ccccc3)n2)cs1. The van der Waals surface area contributed by atoms with Crippen molar-refractivity contribution >= 4 is 40.4 Å². The van der Waals surface area contributed by atoms with Gasteiger partial charge in [0.1, 0.15) is 11.6 Å². The van der Waals surface area contributed by atoms with E-state index in [-0.39, 0.29) is 12.6 Å². The van der Waals surface area contributed by atoms with E-state index in [2.05, 4.69) is 15.3 Å². The van der Waals surface area contributed by atoms with Gasteiger partial charge in [0.2, 0.25) is 0 Å². The first-order valence-electron chi connectivity index (χ1n) is 8.99. The van der Waals surface area contributed by atoms with Crippen LogP contribution < -0.4 is 0 Å². The van der Waals surface area contributed by atoms with Gasteiger partial charge in [0.25, 0.3) is 0 Å². The zero-order valence-corrected chi connectivity index (χ0v) is 18.2. The average molecular weight is 439 g/mol. The Kier molecular flexibility index (Phi) is 6.39. The molecule has 0 aliphatic heterocycles. The molecule has 4 aromatic rings. The lowest BCUT2D eigenvalue weighted by Crippen LogP contribution is -2.07. The van der Waals surface area contributed by atoms with Crippen molar-refractivity contribution in [2.24, 2.45) is 0 Å². The van der Waals surface area contributed by atoms with Gasteiger partial charge in [-0.05, 0) is 19.1 Å². The van der Waals surface area contributed by atoms with E-state index in [9.17, 15) is 4.79 Å². The molecule has 2 aromatic heterocycles. The maximum Gasteiger partial charge on any atom is 0.339 e. The van der Waals surface area contributed by atoms with Crippen molar-refractivity contribution in [1.29, 1.82) is 0 Å². The van der Waals surface area contributed by atoms with Crippen LogP contribution in [0.4, 0.5) is 0 Å². The summed E-state index contributed by atoms with van der Waals surface area (Å²) in [7, 11) is 0. The third kappa shape index (κ3) is 5.12. The van der Waals surface area contributed by atoms with Crippen molar-refractivity contribution in [3.63, 3.8) is 0 Å². The molecular weight excluding hydrogens is 420 g/mol. The molecule has 0 radical (unpaired) electrons. The van der Waals surface area contributed by atoms with Gasteiger partial charge in [0.15, 0.2) is 0 Å².